The highest BCUT2D eigenvalue weighted by Gasteiger charge is 2.20. The van der Waals surface area contributed by atoms with E-state index in [0.29, 0.717) is 10.0 Å². The van der Waals surface area contributed by atoms with Crippen LogP contribution in [-0.4, -0.2) is 10.9 Å². The first-order valence-electron chi connectivity index (χ1n) is 4.04. The van der Waals surface area contributed by atoms with Crippen LogP contribution in [0.3, 0.4) is 0 Å². The largest absolute Gasteiger partial charge is 0.419 e. The Labute approximate surface area is 94.3 Å². The second kappa shape index (κ2) is 4.39. The first-order valence-corrected chi connectivity index (χ1v) is 4.84. The number of nitro benzene ring substituents is 1. The fourth-order valence-electron chi connectivity index (χ4n) is 1.12. The average Bonchev–Trinajstić information content (AvgIpc) is 2.08. The van der Waals surface area contributed by atoms with E-state index in [1.165, 1.54) is 13.0 Å². The lowest BCUT2D eigenvalue weighted by Gasteiger charge is -2.06. The second-order valence-electron chi connectivity index (χ2n) is 2.92. The molecule has 80 valence electrons. The van der Waals surface area contributed by atoms with E-state index < -0.39 is 10.9 Å². The van der Waals surface area contributed by atoms with Gasteiger partial charge in [-0.1, -0.05) is 15.9 Å². The van der Waals surface area contributed by atoms with Crippen LogP contribution < -0.4 is 4.74 Å². The molecule has 6 heteroatoms. The number of hydrogen-bond donors (Lipinski definition) is 0. The first-order chi connectivity index (χ1) is 6.91. The molecular formula is C9H8BrNO4. The van der Waals surface area contributed by atoms with Crippen molar-refractivity contribution in [2.24, 2.45) is 0 Å². The van der Waals surface area contributed by atoms with E-state index in [1.807, 2.05) is 0 Å². The van der Waals surface area contributed by atoms with Gasteiger partial charge in [-0.15, -0.1) is 0 Å². The molecule has 0 atom stereocenters. The van der Waals surface area contributed by atoms with Crippen LogP contribution in [0.25, 0.3) is 0 Å². The highest BCUT2D eigenvalue weighted by molar-refractivity contribution is 9.10. The fourth-order valence-corrected chi connectivity index (χ4v) is 1.68. The van der Waals surface area contributed by atoms with Crippen molar-refractivity contribution in [1.82, 2.24) is 0 Å². The summed E-state index contributed by atoms with van der Waals surface area (Å²) in [5, 5.41) is 10.7. The maximum Gasteiger partial charge on any atom is 0.313 e. The monoisotopic (exact) mass is 273 g/mol. The first kappa shape index (κ1) is 11.6. The van der Waals surface area contributed by atoms with E-state index in [4.69, 9.17) is 4.74 Å². The third-order valence-corrected chi connectivity index (χ3v) is 2.12. The zero-order valence-corrected chi connectivity index (χ0v) is 9.70. The van der Waals surface area contributed by atoms with Gasteiger partial charge in [0.05, 0.1) is 4.92 Å². The minimum atomic E-state index is -0.587. The van der Waals surface area contributed by atoms with Gasteiger partial charge in [-0.2, -0.15) is 0 Å². The van der Waals surface area contributed by atoms with Gasteiger partial charge in [-0.25, -0.2) is 0 Å². The molecular weight excluding hydrogens is 266 g/mol. The van der Waals surface area contributed by atoms with Crippen molar-refractivity contribution < 1.29 is 14.5 Å². The molecule has 0 amide bonds. The third kappa shape index (κ3) is 2.76. The van der Waals surface area contributed by atoms with Gasteiger partial charge in [0, 0.05) is 23.0 Å². The Morgan fingerprint density at radius 1 is 1.53 bits per heavy atom. The number of aryl methyl sites for hydroxylation is 1. The molecule has 0 saturated carbocycles. The molecule has 0 aromatic heterocycles. The number of hydrogen-bond acceptors (Lipinski definition) is 4. The third-order valence-electron chi connectivity index (χ3n) is 1.66. The van der Waals surface area contributed by atoms with Crippen LogP contribution in [0.4, 0.5) is 5.69 Å². The Morgan fingerprint density at radius 3 is 2.60 bits per heavy atom. The molecule has 1 rings (SSSR count). The number of ether oxygens (including phenoxy) is 1. The van der Waals surface area contributed by atoms with Crippen molar-refractivity contribution in [3.63, 3.8) is 0 Å². The molecule has 0 heterocycles. The van der Waals surface area contributed by atoms with E-state index in [0.717, 1.165) is 0 Å². The maximum absolute atomic E-state index is 10.8. The Bertz CT molecular complexity index is 430. The van der Waals surface area contributed by atoms with Crippen LogP contribution in [0, 0.1) is 17.0 Å². The van der Waals surface area contributed by atoms with E-state index in [9.17, 15) is 14.9 Å². The lowest BCUT2D eigenvalue weighted by Crippen LogP contribution is -2.05. The van der Waals surface area contributed by atoms with Crippen molar-refractivity contribution in [2.45, 2.75) is 13.8 Å². The van der Waals surface area contributed by atoms with Gasteiger partial charge >= 0.3 is 11.7 Å². The molecule has 0 fully saturated rings. The Morgan fingerprint density at radius 2 is 2.13 bits per heavy atom. The van der Waals surface area contributed by atoms with E-state index in [2.05, 4.69) is 15.9 Å². The Kier molecular flexibility index (Phi) is 3.41. The zero-order chi connectivity index (χ0) is 11.6. The van der Waals surface area contributed by atoms with Crippen molar-refractivity contribution in [2.75, 3.05) is 0 Å². The number of esters is 1. The molecule has 0 radical (unpaired) electrons. The molecule has 0 aliphatic heterocycles. The fraction of sp³-hybridized carbons (Fsp3) is 0.222. The lowest BCUT2D eigenvalue weighted by atomic mass is 10.2. The Balaban J connectivity index is 3.33. The van der Waals surface area contributed by atoms with Gasteiger partial charge in [-0.05, 0) is 13.0 Å². The highest BCUT2D eigenvalue weighted by atomic mass is 79.9. The molecule has 5 nitrogen and oxygen atoms in total. The summed E-state index contributed by atoms with van der Waals surface area (Å²) < 4.78 is 5.36. The van der Waals surface area contributed by atoms with Gasteiger partial charge in [0.25, 0.3) is 0 Å². The smallest absolute Gasteiger partial charge is 0.313 e. The quantitative estimate of drug-likeness (QED) is 0.359. The predicted molar refractivity (Wildman–Crippen MR) is 56.8 cm³/mol. The molecule has 0 aliphatic rings. The summed E-state index contributed by atoms with van der Waals surface area (Å²) in [4.78, 5) is 20.9. The van der Waals surface area contributed by atoms with Crippen LogP contribution in [0.15, 0.2) is 16.6 Å². The summed E-state index contributed by atoms with van der Waals surface area (Å²) in [5.74, 6) is -0.584. The second-order valence-corrected chi connectivity index (χ2v) is 3.84. The number of benzene rings is 1. The predicted octanol–water partition coefficient (Wildman–Crippen LogP) is 2.59. The number of carbonyl (C=O) groups excluding carboxylic acids is 1. The summed E-state index contributed by atoms with van der Waals surface area (Å²) in [6.07, 6.45) is 0. The van der Waals surface area contributed by atoms with Crippen molar-refractivity contribution in [1.29, 1.82) is 0 Å². The average molecular weight is 274 g/mol. The minimum absolute atomic E-state index is 0.00398. The summed E-state index contributed by atoms with van der Waals surface area (Å²) in [6, 6.07) is 2.94. The van der Waals surface area contributed by atoms with Crippen LogP contribution in [-0.2, 0) is 4.79 Å². The molecule has 0 saturated heterocycles. The van der Waals surface area contributed by atoms with E-state index in [1.54, 1.807) is 13.0 Å². The van der Waals surface area contributed by atoms with Gasteiger partial charge in [0.1, 0.15) is 0 Å². The van der Waals surface area contributed by atoms with E-state index >= 15 is 0 Å². The van der Waals surface area contributed by atoms with Crippen LogP contribution in [0.2, 0.25) is 0 Å². The molecule has 1 aromatic carbocycles. The van der Waals surface area contributed by atoms with Crippen LogP contribution in [0.1, 0.15) is 12.5 Å². The molecule has 1 aromatic rings. The topological polar surface area (TPSA) is 69.4 Å². The number of halogens is 1. The number of nitro groups is 1. The minimum Gasteiger partial charge on any atom is -0.419 e. The lowest BCUT2D eigenvalue weighted by molar-refractivity contribution is -0.385. The maximum atomic E-state index is 10.8. The Hall–Kier alpha value is -1.43. The van der Waals surface area contributed by atoms with Crippen molar-refractivity contribution >= 4 is 27.6 Å². The van der Waals surface area contributed by atoms with Crippen molar-refractivity contribution in [3.05, 3.63) is 32.3 Å². The number of carbonyl (C=O) groups is 1. The molecule has 0 N–H and O–H groups in total. The van der Waals surface area contributed by atoms with Gasteiger partial charge < -0.3 is 4.74 Å². The normalized spacial score (nSPS) is 9.80. The summed E-state index contributed by atoms with van der Waals surface area (Å²) >= 11 is 3.14. The van der Waals surface area contributed by atoms with Gasteiger partial charge in [0.15, 0.2) is 0 Å². The van der Waals surface area contributed by atoms with Crippen LogP contribution >= 0.6 is 15.9 Å². The van der Waals surface area contributed by atoms with Gasteiger partial charge in [-0.3, -0.25) is 14.9 Å². The summed E-state index contributed by atoms with van der Waals surface area (Å²) in [7, 11) is 0. The van der Waals surface area contributed by atoms with Crippen molar-refractivity contribution in [3.8, 4) is 5.75 Å². The summed E-state index contributed by atoms with van der Waals surface area (Å²) in [5.41, 5.74) is 0.309. The van der Waals surface area contributed by atoms with Gasteiger partial charge in [0.2, 0.25) is 5.75 Å². The molecule has 0 aliphatic carbocycles. The molecule has 0 unspecified atom stereocenters. The standard InChI is InChI=1S/C9H8BrNO4/c1-5-3-7(10)4-8(11(13)14)9(5)15-6(2)12/h3-4H,1-2H3. The highest BCUT2D eigenvalue weighted by Crippen LogP contribution is 2.34. The zero-order valence-electron chi connectivity index (χ0n) is 8.11. The molecule has 15 heavy (non-hydrogen) atoms. The van der Waals surface area contributed by atoms with Crippen LogP contribution in [0.5, 0.6) is 5.75 Å². The van der Waals surface area contributed by atoms with E-state index in [-0.39, 0.29) is 11.4 Å². The summed E-state index contributed by atoms with van der Waals surface area (Å²) in [6.45, 7) is 2.83. The molecule has 0 spiro atoms. The number of nitrogens with zero attached hydrogens (tertiary/aromatic N) is 1. The molecule has 0 bridgehead atoms. The number of rotatable bonds is 2. The SMILES string of the molecule is CC(=O)Oc1c(C)cc(Br)cc1[N+](=O)[O-].